The average molecular weight is 414 g/mol. The Morgan fingerprint density at radius 3 is 2.52 bits per heavy atom. The maximum Gasteiger partial charge on any atom is 0.337 e. The second-order valence-electron chi connectivity index (χ2n) is 5.85. The molecule has 3 aromatic rings. The van der Waals surface area contributed by atoms with Gasteiger partial charge in [-0.25, -0.2) is 14.6 Å². The van der Waals surface area contributed by atoms with E-state index in [0.29, 0.717) is 11.3 Å². The summed E-state index contributed by atoms with van der Waals surface area (Å²) < 4.78 is 15.8. The first-order chi connectivity index (χ1) is 14.0. The highest BCUT2D eigenvalue weighted by Crippen LogP contribution is 2.21. The van der Waals surface area contributed by atoms with Crippen LogP contribution in [0.5, 0.6) is 0 Å². The molecule has 29 heavy (non-hydrogen) atoms. The van der Waals surface area contributed by atoms with Crippen LogP contribution in [0.1, 0.15) is 15.4 Å². The summed E-state index contributed by atoms with van der Waals surface area (Å²) in [5, 5.41) is 3.32. The van der Waals surface area contributed by atoms with Gasteiger partial charge in [0, 0.05) is 5.69 Å². The zero-order chi connectivity index (χ0) is 20.6. The number of aromatic nitrogens is 1. The molecule has 0 bridgehead atoms. The highest BCUT2D eigenvalue weighted by atomic mass is 32.1. The van der Waals surface area contributed by atoms with Gasteiger partial charge in [0.05, 0.1) is 29.5 Å². The monoisotopic (exact) mass is 414 g/mol. The standard InChI is InChI=1S/C20H18N2O6S/c1-26-20(25)13-6-8-14(9-7-13)21-17(23)10-28-19(24)12-27-11-18-22-15-4-2-3-5-16(15)29-18/h2-9H,10-12H2,1H3,(H,21,23). The third-order valence-corrected chi connectivity index (χ3v) is 4.75. The molecule has 1 amide bonds. The molecule has 0 spiro atoms. The number of methoxy groups -OCH3 is 1. The van der Waals surface area contributed by atoms with Crippen molar-refractivity contribution in [2.75, 3.05) is 25.6 Å². The molecule has 150 valence electrons. The number of amides is 1. The van der Waals surface area contributed by atoms with Crippen LogP contribution in [0.15, 0.2) is 48.5 Å². The first-order valence-corrected chi connectivity index (χ1v) is 9.43. The number of nitrogens with one attached hydrogen (secondary N) is 1. The number of rotatable bonds is 8. The molecule has 1 heterocycles. The first kappa shape index (κ1) is 20.4. The lowest BCUT2D eigenvalue weighted by Crippen LogP contribution is -2.22. The molecule has 1 N–H and O–H groups in total. The predicted octanol–water partition coefficient (Wildman–Crippen LogP) is 2.78. The SMILES string of the molecule is COC(=O)c1ccc(NC(=O)COC(=O)COCc2nc3ccccc3s2)cc1. The van der Waals surface area contributed by atoms with Crippen molar-refractivity contribution in [2.45, 2.75) is 6.61 Å². The minimum absolute atomic E-state index is 0.188. The molecule has 8 nitrogen and oxygen atoms in total. The summed E-state index contributed by atoms with van der Waals surface area (Å²) in [6.45, 7) is -0.535. The molecule has 0 unspecified atom stereocenters. The molecule has 0 aliphatic rings. The number of hydrogen-bond acceptors (Lipinski definition) is 8. The predicted molar refractivity (Wildman–Crippen MR) is 107 cm³/mol. The van der Waals surface area contributed by atoms with Crippen molar-refractivity contribution in [3.05, 3.63) is 59.1 Å². The maximum absolute atomic E-state index is 11.9. The summed E-state index contributed by atoms with van der Waals surface area (Å²) in [4.78, 5) is 39.3. The van der Waals surface area contributed by atoms with Crippen LogP contribution in [0.2, 0.25) is 0 Å². The van der Waals surface area contributed by atoms with E-state index in [0.717, 1.165) is 15.2 Å². The molecule has 0 saturated heterocycles. The number of carbonyl (C=O) groups is 3. The number of fused-ring (bicyclic) bond motifs is 1. The van der Waals surface area contributed by atoms with E-state index in [1.165, 1.54) is 30.6 Å². The Morgan fingerprint density at radius 1 is 1.03 bits per heavy atom. The van der Waals surface area contributed by atoms with Gasteiger partial charge in [-0.3, -0.25) is 4.79 Å². The quantitative estimate of drug-likeness (QED) is 0.565. The fourth-order valence-corrected chi connectivity index (χ4v) is 3.30. The number of hydrogen-bond donors (Lipinski definition) is 1. The number of esters is 2. The van der Waals surface area contributed by atoms with Gasteiger partial charge in [0.15, 0.2) is 6.61 Å². The fourth-order valence-electron chi connectivity index (χ4n) is 2.40. The molecule has 2 aromatic carbocycles. The van der Waals surface area contributed by atoms with Crippen molar-refractivity contribution in [1.29, 1.82) is 0 Å². The Labute approximate surface area is 170 Å². The molecule has 3 rings (SSSR count). The number of carbonyl (C=O) groups excluding carboxylic acids is 3. The van der Waals surface area contributed by atoms with E-state index < -0.39 is 24.5 Å². The van der Waals surface area contributed by atoms with Crippen LogP contribution in [-0.4, -0.2) is 43.2 Å². The van der Waals surface area contributed by atoms with Crippen LogP contribution < -0.4 is 5.32 Å². The van der Waals surface area contributed by atoms with Crippen molar-refractivity contribution in [1.82, 2.24) is 4.98 Å². The number of para-hydroxylation sites is 1. The minimum atomic E-state index is -0.651. The zero-order valence-corrected chi connectivity index (χ0v) is 16.4. The molecular formula is C20H18N2O6S. The van der Waals surface area contributed by atoms with E-state index >= 15 is 0 Å². The Balaban J connectivity index is 1.37. The van der Waals surface area contributed by atoms with Crippen LogP contribution in [0, 0.1) is 0 Å². The molecule has 0 fully saturated rings. The van der Waals surface area contributed by atoms with Crippen molar-refractivity contribution in [3.63, 3.8) is 0 Å². The summed E-state index contributed by atoms with van der Waals surface area (Å²) in [6, 6.07) is 13.8. The topological polar surface area (TPSA) is 104 Å². The van der Waals surface area contributed by atoms with E-state index in [4.69, 9.17) is 9.47 Å². The van der Waals surface area contributed by atoms with Crippen molar-refractivity contribution < 1.29 is 28.6 Å². The van der Waals surface area contributed by atoms with Gasteiger partial charge in [0.25, 0.3) is 5.91 Å². The van der Waals surface area contributed by atoms with Crippen molar-refractivity contribution in [3.8, 4) is 0 Å². The third-order valence-electron chi connectivity index (χ3n) is 3.74. The van der Waals surface area contributed by atoms with Gasteiger partial charge in [0.2, 0.25) is 0 Å². The lowest BCUT2D eigenvalue weighted by Gasteiger charge is -2.07. The van der Waals surface area contributed by atoms with Crippen LogP contribution in [0.4, 0.5) is 5.69 Å². The molecular weight excluding hydrogens is 396 g/mol. The molecule has 9 heteroatoms. The summed E-state index contributed by atoms with van der Waals surface area (Å²) in [7, 11) is 1.29. The first-order valence-electron chi connectivity index (χ1n) is 8.61. The van der Waals surface area contributed by atoms with Gasteiger partial charge in [-0.15, -0.1) is 11.3 Å². The minimum Gasteiger partial charge on any atom is -0.465 e. The van der Waals surface area contributed by atoms with Crippen LogP contribution in [0.25, 0.3) is 10.2 Å². The van der Waals surface area contributed by atoms with E-state index in [1.807, 2.05) is 24.3 Å². The zero-order valence-electron chi connectivity index (χ0n) is 15.5. The lowest BCUT2D eigenvalue weighted by molar-refractivity contribution is -0.152. The highest BCUT2D eigenvalue weighted by molar-refractivity contribution is 7.18. The normalized spacial score (nSPS) is 10.5. The second kappa shape index (κ2) is 9.76. The van der Waals surface area contributed by atoms with E-state index in [-0.39, 0.29) is 13.2 Å². The van der Waals surface area contributed by atoms with Gasteiger partial charge < -0.3 is 19.5 Å². The lowest BCUT2D eigenvalue weighted by atomic mass is 10.2. The average Bonchev–Trinajstić information content (AvgIpc) is 3.15. The molecule has 0 radical (unpaired) electrons. The number of thiazole rings is 1. The fraction of sp³-hybridized carbons (Fsp3) is 0.200. The number of ether oxygens (including phenoxy) is 3. The van der Waals surface area contributed by atoms with Crippen LogP contribution in [-0.2, 0) is 30.4 Å². The summed E-state index contributed by atoms with van der Waals surface area (Å²) in [5.41, 5.74) is 1.71. The largest absolute Gasteiger partial charge is 0.465 e. The van der Waals surface area contributed by atoms with Gasteiger partial charge in [0.1, 0.15) is 11.6 Å². The molecule has 1 aromatic heterocycles. The van der Waals surface area contributed by atoms with Crippen LogP contribution >= 0.6 is 11.3 Å². The van der Waals surface area contributed by atoms with Gasteiger partial charge in [-0.2, -0.15) is 0 Å². The van der Waals surface area contributed by atoms with Gasteiger partial charge >= 0.3 is 11.9 Å². The highest BCUT2D eigenvalue weighted by Gasteiger charge is 2.10. The summed E-state index contributed by atoms with van der Waals surface area (Å²) >= 11 is 1.49. The van der Waals surface area contributed by atoms with Gasteiger partial charge in [-0.1, -0.05) is 12.1 Å². The number of anilines is 1. The van der Waals surface area contributed by atoms with E-state index in [9.17, 15) is 14.4 Å². The number of nitrogens with zero attached hydrogens (tertiary/aromatic N) is 1. The smallest absolute Gasteiger partial charge is 0.337 e. The van der Waals surface area contributed by atoms with Crippen molar-refractivity contribution in [2.24, 2.45) is 0 Å². The molecule has 0 saturated carbocycles. The third kappa shape index (κ3) is 5.84. The Bertz CT molecular complexity index is 982. The maximum atomic E-state index is 11.9. The van der Waals surface area contributed by atoms with Gasteiger partial charge in [-0.05, 0) is 36.4 Å². The Hall–Kier alpha value is -3.30. The molecule has 0 atom stereocenters. The molecule has 0 aliphatic heterocycles. The second-order valence-corrected chi connectivity index (χ2v) is 6.96. The summed E-state index contributed by atoms with van der Waals surface area (Å²) in [6.07, 6.45) is 0. The van der Waals surface area contributed by atoms with E-state index in [1.54, 1.807) is 12.1 Å². The molecule has 0 aliphatic carbocycles. The Kier molecular flexibility index (Phi) is 6.88. The van der Waals surface area contributed by atoms with Crippen molar-refractivity contribution >= 4 is 45.1 Å². The number of benzene rings is 2. The Morgan fingerprint density at radius 2 is 1.79 bits per heavy atom. The van der Waals surface area contributed by atoms with E-state index in [2.05, 4.69) is 15.0 Å². The van der Waals surface area contributed by atoms with Crippen LogP contribution in [0.3, 0.4) is 0 Å². The summed E-state index contributed by atoms with van der Waals surface area (Å²) in [5.74, 6) is -1.62.